The number of aromatic nitrogens is 4. The van der Waals surface area contributed by atoms with Crippen molar-refractivity contribution in [3.05, 3.63) is 36.5 Å². The van der Waals surface area contributed by atoms with Crippen LogP contribution in [0.4, 0.5) is 24.9 Å². The van der Waals surface area contributed by atoms with E-state index >= 15 is 0 Å². The summed E-state index contributed by atoms with van der Waals surface area (Å²) in [4.78, 5) is 17.3. The molecule has 0 amide bonds. The van der Waals surface area contributed by atoms with Crippen LogP contribution in [0.15, 0.2) is 30.9 Å². The second-order valence-corrected chi connectivity index (χ2v) is 5.24. The molecule has 0 radical (unpaired) electrons. The van der Waals surface area contributed by atoms with Gasteiger partial charge in [0.25, 0.3) is 0 Å². The molecule has 23 heavy (non-hydrogen) atoms. The molecular weight excluding hydrogens is 309 g/mol. The minimum absolute atomic E-state index is 0.192. The van der Waals surface area contributed by atoms with Crippen LogP contribution in [0, 0.1) is 0 Å². The zero-order valence-electron chi connectivity index (χ0n) is 12.2. The number of anilines is 2. The smallest absolute Gasteiger partial charge is 0.356 e. The Morgan fingerprint density at radius 1 is 1.04 bits per heavy atom. The van der Waals surface area contributed by atoms with Crippen molar-refractivity contribution in [2.45, 2.75) is 25.1 Å². The Bertz CT molecular complexity index is 640. The molecule has 1 fully saturated rings. The summed E-state index contributed by atoms with van der Waals surface area (Å²) < 4.78 is 38.1. The lowest BCUT2D eigenvalue weighted by molar-refractivity contribution is -0.141. The molecule has 0 bridgehead atoms. The van der Waals surface area contributed by atoms with E-state index in [9.17, 15) is 13.2 Å². The molecule has 1 aliphatic heterocycles. The molecule has 0 spiro atoms. The van der Waals surface area contributed by atoms with Crippen molar-refractivity contribution in [2.75, 3.05) is 23.3 Å². The molecule has 0 saturated carbocycles. The molecule has 1 saturated heterocycles. The highest BCUT2D eigenvalue weighted by Crippen LogP contribution is 2.29. The molecule has 0 aliphatic carbocycles. The molecule has 3 rings (SSSR count). The highest BCUT2D eigenvalue weighted by molar-refractivity contribution is 5.40. The van der Waals surface area contributed by atoms with Crippen LogP contribution in [-0.4, -0.2) is 39.1 Å². The average Bonchev–Trinajstić information content (AvgIpc) is 2.56. The highest BCUT2D eigenvalue weighted by Gasteiger charge is 2.33. The third-order valence-electron chi connectivity index (χ3n) is 3.66. The third kappa shape index (κ3) is 3.85. The topological polar surface area (TPSA) is 66.8 Å². The molecule has 0 aromatic carbocycles. The number of piperidine rings is 1. The summed E-state index contributed by atoms with van der Waals surface area (Å²) in [5.41, 5.74) is -0.916. The van der Waals surface area contributed by atoms with Gasteiger partial charge in [-0.05, 0) is 18.9 Å². The SMILES string of the molecule is FC(F)(F)c1cc(N2CCC(Nc3ncccn3)CC2)ncn1. The second kappa shape index (κ2) is 6.35. The first kappa shape index (κ1) is 15.4. The van der Waals surface area contributed by atoms with Crippen LogP contribution in [0.3, 0.4) is 0 Å². The largest absolute Gasteiger partial charge is 0.433 e. The van der Waals surface area contributed by atoms with Crippen molar-refractivity contribution >= 4 is 11.8 Å². The molecule has 0 atom stereocenters. The fourth-order valence-electron chi connectivity index (χ4n) is 2.48. The lowest BCUT2D eigenvalue weighted by Crippen LogP contribution is -2.40. The molecule has 2 aromatic heterocycles. The van der Waals surface area contributed by atoms with Gasteiger partial charge in [-0.1, -0.05) is 0 Å². The fourth-order valence-corrected chi connectivity index (χ4v) is 2.48. The van der Waals surface area contributed by atoms with Gasteiger partial charge in [0.05, 0.1) is 0 Å². The van der Waals surface area contributed by atoms with Crippen LogP contribution >= 0.6 is 0 Å². The Labute approximate surface area is 130 Å². The third-order valence-corrected chi connectivity index (χ3v) is 3.66. The van der Waals surface area contributed by atoms with Crippen LogP contribution in [0.25, 0.3) is 0 Å². The van der Waals surface area contributed by atoms with Gasteiger partial charge in [0.1, 0.15) is 17.8 Å². The maximum Gasteiger partial charge on any atom is 0.433 e. The molecule has 1 N–H and O–H groups in total. The zero-order valence-corrected chi connectivity index (χ0v) is 12.2. The average molecular weight is 324 g/mol. The molecule has 6 nitrogen and oxygen atoms in total. The lowest BCUT2D eigenvalue weighted by atomic mass is 10.1. The Kier molecular flexibility index (Phi) is 4.26. The van der Waals surface area contributed by atoms with E-state index in [1.54, 1.807) is 18.5 Å². The van der Waals surface area contributed by atoms with Gasteiger partial charge in [-0.3, -0.25) is 0 Å². The summed E-state index contributed by atoms with van der Waals surface area (Å²) >= 11 is 0. The van der Waals surface area contributed by atoms with Crippen molar-refractivity contribution < 1.29 is 13.2 Å². The van der Waals surface area contributed by atoms with Crippen molar-refractivity contribution in [1.29, 1.82) is 0 Å². The fraction of sp³-hybridized carbons (Fsp3) is 0.429. The predicted molar refractivity (Wildman–Crippen MR) is 77.9 cm³/mol. The number of alkyl halides is 3. The number of hydrogen-bond donors (Lipinski definition) is 1. The van der Waals surface area contributed by atoms with E-state index < -0.39 is 11.9 Å². The van der Waals surface area contributed by atoms with E-state index in [1.165, 1.54) is 0 Å². The minimum Gasteiger partial charge on any atom is -0.356 e. The van der Waals surface area contributed by atoms with Crippen LogP contribution in [0.1, 0.15) is 18.5 Å². The van der Waals surface area contributed by atoms with E-state index in [1.807, 2.05) is 4.90 Å². The summed E-state index contributed by atoms with van der Waals surface area (Å²) in [7, 11) is 0. The molecule has 0 unspecified atom stereocenters. The molecule has 1 aliphatic rings. The van der Waals surface area contributed by atoms with Gasteiger partial charge in [0, 0.05) is 37.6 Å². The van der Waals surface area contributed by atoms with Gasteiger partial charge in [-0.25, -0.2) is 19.9 Å². The number of nitrogens with zero attached hydrogens (tertiary/aromatic N) is 5. The monoisotopic (exact) mass is 324 g/mol. The maximum absolute atomic E-state index is 12.7. The van der Waals surface area contributed by atoms with Gasteiger partial charge < -0.3 is 10.2 Å². The lowest BCUT2D eigenvalue weighted by Gasteiger charge is -2.33. The molecule has 9 heteroatoms. The number of rotatable bonds is 3. The van der Waals surface area contributed by atoms with E-state index in [0.29, 0.717) is 24.9 Å². The van der Waals surface area contributed by atoms with Gasteiger partial charge in [-0.15, -0.1) is 0 Å². The molecule has 122 valence electrons. The first-order valence-electron chi connectivity index (χ1n) is 7.20. The molecule has 3 heterocycles. The Hall–Kier alpha value is -2.45. The Morgan fingerprint density at radius 3 is 2.39 bits per heavy atom. The number of nitrogens with one attached hydrogen (secondary N) is 1. The van der Waals surface area contributed by atoms with E-state index in [0.717, 1.165) is 25.2 Å². The quantitative estimate of drug-likeness (QED) is 0.935. The maximum atomic E-state index is 12.7. The number of hydrogen-bond acceptors (Lipinski definition) is 6. The molecular formula is C14H15F3N6. The van der Waals surface area contributed by atoms with Crippen molar-refractivity contribution in [2.24, 2.45) is 0 Å². The Morgan fingerprint density at radius 2 is 1.74 bits per heavy atom. The summed E-state index contributed by atoms with van der Waals surface area (Å²) in [5, 5.41) is 3.23. The first-order valence-corrected chi connectivity index (χ1v) is 7.20. The van der Waals surface area contributed by atoms with Gasteiger partial charge in [-0.2, -0.15) is 13.2 Å². The zero-order chi connectivity index (χ0) is 16.3. The van der Waals surface area contributed by atoms with Crippen LogP contribution in [0.5, 0.6) is 0 Å². The normalized spacial score (nSPS) is 16.4. The minimum atomic E-state index is -4.46. The molecule has 2 aromatic rings. The standard InChI is InChI=1S/C14H15F3N6/c15-14(16,17)11-8-12(21-9-20-11)23-6-2-10(3-7-23)22-13-18-4-1-5-19-13/h1,4-5,8-10H,2-3,6-7H2,(H,18,19,22). The second-order valence-electron chi connectivity index (χ2n) is 5.24. The van der Waals surface area contributed by atoms with Crippen LogP contribution in [-0.2, 0) is 6.18 Å². The first-order chi connectivity index (χ1) is 11.0. The summed E-state index contributed by atoms with van der Waals surface area (Å²) in [6.07, 6.45) is 1.35. The van der Waals surface area contributed by atoms with Gasteiger partial charge in [0.2, 0.25) is 5.95 Å². The number of halogens is 3. The van der Waals surface area contributed by atoms with Crippen LogP contribution < -0.4 is 10.2 Å². The van der Waals surface area contributed by atoms with Crippen molar-refractivity contribution in [3.63, 3.8) is 0 Å². The van der Waals surface area contributed by atoms with Crippen LogP contribution in [0.2, 0.25) is 0 Å². The van der Waals surface area contributed by atoms with E-state index in [2.05, 4.69) is 25.3 Å². The summed E-state index contributed by atoms with van der Waals surface area (Å²) in [6.45, 7) is 1.22. The highest BCUT2D eigenvalue weighted by atomic mass is 19.4. The Balaban J connectivity index is 1.61. The summed E-state index contributed by atoms with van der Waals surface area (Å²) in [5.74, 6) is 0.870. The van der Waals surface area contributed by atoms with Gasteiger partial charge in [0.15, 0.2) is 0 Å². The van der Waals surface area contributed by atoms with Crippen molar-refractivity contribution in [3.8, 4) is 0 Å². The van der Waals surface area contributed by atoms with E-state index in [-0.39, 0.29) is 6.04 Å². The predicted octanol–water partition coefficient (Wildman–Crippen LogP) is 2.37. The van der Waals surface area contributed by atoms with Gasteiger partial charge >= 0.3 is 6.18 Å². The summed E-state index contributed by atoms with van der Waals surface area (Å²) in [6, 6.07) is 2.92. The van der Waals surface area contributed by atoms with E-state index in [4.69, 9.17) is 0 Å². The van der Waals surface area contributed by atoms with Crippen molar-refractivity contribution in [1.82, 2.24) is 19.9 Å².